The summed E-state index contributed by atoms with van der Waals surface area (Å²) in [6.07, 6.45) is 1.61. The second-order valence-electron chi connectivity index (χ2n) is 4.18. The van der Waals surface area contributed by atoms with Crippen molar-refractivity contribution in [3.63, 3.8) is 0 Å². The molecule has 0 heterocycles. The Hall–Kier alpha value is -1.60. The molecule has 0 fully saturated rings. The third-order valence-corrected chi connectivity index (χ3v) is 2.60. The third-order valence-electron chi connectivity index (χ3n) is 2.60. The minimum absolute atomic E-state index is 0.189. The summed E-state index contributed by atoms with van der Waals surface area (Å²) < 4.78 is 18.4. The smallest absolute Gasteiger partial charge is 0.123 e. The molecule has 0 aliphatic carbocycles. The molecule has 1 N–H and O–H groups in total. The normalized spacial score (nSPS) is 11.9. The van der Waals surface area contributed by atoms with Gasteiger partial charge in [-0.25, -0.2) is 4.39 Å². The topological polar surface area (TPSA) is 45.0 Å². The van der Waals surface area contributed by atoms with Gasteiger partial charge in [0, 0.05) is 6.42 Å². The van der Waals surface area contributed by atoms with Crippen LogP contribution in [-0.2, 0) is 0 Å². The van der Waals surface area contributed by atoms with E-state index in [9.17, 15) is 4.39 Å². The van der Waals surface area contributed by atoms with Crippen molar-refractivity contribution in [1.82, 2.24) is 5.32 Å². The maximum atomic E-state index is 12.9. The van der Waals surface area contributed by atoms with Gasteiger partial charge in [-0.1, -0.05) is 6.92 Å². The molecule has 0 aromatic heterocycles. The average molecular weight is 250 g/mol. The first-order valence-corrected chi connectivity index (χ1v) is 6.19. The number of nitrogens with zero attached hydrogens (tertiary/aromatic N) is 1. The molecule has 0 saturated heterocycles. The lowest BCUT2D eigenvalue weighted by molar-refractivity contribution is 0.295. The largest absolute Gasteiger partial charge is 0.493 e. The Kier molecular flexibility index (Phi) is 6.16. The van der Waals surface area contributed by atoms with Crippen molar-refractivity contribution < 1.29 is 9.13 Å². The lowest BCUT2D eigenvalue weighted by Gasteiger charge is -2.12. The summed E-state index contributed by atoms with van der Waals surface area (Å²) >= 11 is 0. The number of aryl methyl sites for hydroxylation is 1. The van der Waals surface area contributed by atoms with Crippen LogP contribution < -0.4 is 10.1 Å². The van der Waals surface area contributed by atoms with E-state index >= 15 is 0 Å². The maximum Gasteiger partial charge on any atom is 0.123 e. The summed E-state index contributed by atoms with van der Waals surface area (Å²) in [5, 5.41) is 12.1. The van der Waals surface area contributed by atoms with Gasteiger partial charge in [0.25, 0.3) is 0 Å². The number of hydrogen-bond acceptors (Lipinski definition) is 3. The van der Waals surface area contributed by atoms with Gasteiger partial charge in [-0.2, -0.15) is 5.26 Å². The van der Waals surface area contributed by atoms with Crippen LogP contribution in [0.4, 0.5) is 4.39 Å². The van der Waals surface area contributed by atoms with E-state index in [0.717, 1.165) is 18.5 Å². The second kappa shape index (κ2) is 7.67. The Labute approximate surface area is 108 Å². The summed E-state index contributed by atoms with van der Waals surface area (Å²) in [4.78, 5) is 0. The van der Waals surface area contributed by atoms with Crippen molar-refractivity contribution in [2.45, 2.75) is 32.7 Å². The van der Waals surface area contributed by atoms with Gasteiger partial charge in [-0.05, 0) is 43.7 Å². The fourth-order valence-electron chi connectivity index (χ4n) is 1.59. The molecule has 1 aromatic carbocycles. The minimum Gasteiger partial charge on any atom is -0.493 e. The Balaban J connectivity index is 2.38. The lowest BCUT2D eigenvalue weighted by atomic mass is 10.2. The SMILES string of the molecule is CCCNC(C#N)CCOc1ccc(F)cc1C. The molecule has 1 aromatic rings. The zero-order valence-corrected chi connectivity index (χ0v) is 10.9. The third kappa shape index (κ3) is 4.72. The lowest BCUT2D eigenvalue weighted by Crippen LogP contribution is -2.29. The van der Waals surface area contributed by atoms with Gasteiger partial charge in [0.1, 0.15) is 11.6 Å². The van der Waals surface area contributed by atoms with Crippen molar-refractivity contribution >= 4 is 0 Å². The Bertz CT molecular complexity index is 415. The van der Waals surface area contributed by atoms with Gasteiger partial charge in [-0.15, -0.1) is 0 Å². The molecule has 3 nitrogen and oxygen atoms in total. The second-order valence-corrected chi connectivity index (χ2v) is 4.18. The zero-order chi connectivity index (χ0) is 13.4. The molecule has 0 bridgehead atoms. The summed E-state index contributed by atoms with van der Waals surface area (Å²) in [5.41, 5.74) is 0.769. The quantitative estimate of drug-likeness (QED) is 0.809. The fraction of sp³-hybridized carbons (Fsp3) is 0.500. The van der Waals surface area contributed by atoms with E-state index in [4.69, 9.17) is 10.00 Å². The van der Waals surface area contributed by atoms with Crippen molar-refractivity contribution in [2.75, 3.05) is 13.2 Å². The monoisotopic (exact) mass is 250 g/mol. The van der Waals surface area contributed by atoms with E-state index in [-0.39, 0.29) is 11.9 Å². The molecule has 0 spiro atoms. The van der Waals surface area contributed by atoms with Crippen LogP contribution in [-0.4, -0.2) is 19.2 Å². The van der Waals surface area contributed by atoms with Crippen LogP contribution in [0.2, 0.25) is 0 Å². The number of nitriles is 1. The average Bonchev–Trinajstić information content (AvgIpc) is 2.36. The van der Waals surface area contributed by atoms with E-state index in [1.807, 2.05) is 0 Å². The highest BCUT2D eigenvalue weighted by Gasteiger charge is 2.07. The molecule has 4 heteroatoms. The highest BCUT2D eigenvalue weighted by Crippen LogP contribution is 2.18. The molecule has 0 aliphatic rings. The Morgan fingerprint density at radius 1 is 1.50 bits per heavy atom. The predicted molar refractivity (Wildman–Crippen MR) is 68.9 cm³/mol. The first-order valence-electron chi connectivity index (χ1n) is 6.19. The van der Waals surface area contributed by atoms with Gasteiger partial charge in [-0.3, -0.25) is 0 Å². The zero-order valence-electron chi connectivity index (χ0n) is 10.9. The number of nitrogens with one attached hydrogen (secondary N) is 1. The molecule has 0 aliphatic heterocycles. The molecular weight excluding hydrogens is 231 g/mol. The predicted octanol–water partition coefficient (Wildman–Crippen LogP) is 2.79. The Morgan fingerprint density at radius 2 is 2.28 bits per heavy atom. The van der Waals surface area contributed by atoms with Crippen LogP contribution in [0.25, 0.3) is 0 Å². The highest BCUT2D eigenvalue weighted by molar-refractivity contribution is 5.32. The van der Waals surface area contributed by atoms with E-state index in [2.05, 4.69) is 18.3 Å². The number of rotatable bonds is 7. The van der Waals surface area contributed by atoms with Gasteiger partial charge >= 0.3 is 0 Å². The van der Waals surface area contributed by atoms with Crippen LogP contribution in [0.5, 0.6) is 5.75 Å². The van der Waals surface area contributed by atoms with Crippen LogP contribution in [0, 0.1) is 24.1 Å². The van der Waals surface area contributed by atoms with Crippen LogP contribution in [0.15, 0.2) is 18.2 Å². The standard InChI is InChI=1S/C14H19FN2O/c1-3-7-17-13(10-16)6-8-18-14-5-4-12(15)9-11(14)2/h4-5,9,13,17H,3,6-8H2,1-2H3. The first kappa shape index (κ1) is 14.5. The molecule has 0 saturated carbocycles. The van der Waals surface area contributed by atoms with E-state index in [0.29, 0.717) is 18.8 Å². The van der Waals surface area contributed by atoms with Crippen LogP contribution in [0.1, 0.15) is 25.3 Å². The van der Waals surface area contributed by atoms with E-state index in [1.165, 1.54) is 12.1 Å². The van der Waals surface area contributed by atoms with Crippen molar-refractivity contribution in [2.24, 2.45) is 0 Å². The molecule has 18 heavy (non-hydrogen) atoms. The van der Waals surface area contributed by atoms with Gasteiger partial charge in [0.05, 0.1) is 18.7 Å². The molecule has 0 radical (unpaired) electrons. The fourth-order valence-corrected chi connectivity index (χ4v) is 1.59. The number of hydrogen-bond donors (Lipinski definition) is 1. The summed E-state index contributed by atoms with van der Waals surface area (Å²) in [5.74, 6) is 0.406. The van der Waals surface area contributed by atoms with Crippen LogP contribution >= 0.6 is 0 Å². The van der Waals surface area contributed by atoms with Crippen molar-refractivity contribution in [3.8, 4) is 11.8 Å². The first-order chi connectivity index (χ1) is 8.67. The molecule has 1 atom stereocenters. The minimum atomic E-state index is -0.264. The summed E-state index contributed by atoms with van der Waals surface area (Å²) in [6, 6.07) is 6.43. The number of ether oxygens (including phenoxy) is 1. The summed E-state index contributed by atoms with van der Waals surface area (Å²) in [6.45, 7) is 5.13. The molecule has 1 unspecified atom stereocenters. The van der Waals surface area contributed by atoms with Gasteiger partial charge < -0.3 is 10.1 Å². The van der Waals surface area contributed by atoms with E-state index < -0.39 is 0 Å². The highest BCUT2D eigenvalue weighted by atomic mass is 19.1. The van der Waals surface area contributed by atoms with Crippen molar-refractivity contribution in [3.05, 3.63) is 29.6 Å². The maximum absolute atomic E-state index is 12.9. The number of halogens is 1. The molecule has 98 valence electrons. The molecule has 1 rings (SSSR count). The van der Waals surface area contributed by atoms with Crippen molar-refractivity contribution in [1.29, 1.82) is 5.26 Å². The van der Waals surface area contributed by atoms with Gasteiger partial charge in [0.2, 0.25) is 0 Å². The van der Waals surface area contributed by atoms with Gasteiger partial charge in [0.15, 0.2) is 0 Å². The number of benzene rings is 1. The molecular formula is C14H19FN2O. The van der Waals surface area contributed by atoms with E-state index in [1.54, 1.807) is 13.0 Å². The molecule has 0 amide bonds. The summed E-state index contributed by atoms with van der Waals surface area (Å²) in [7, 11) is 0. The Morgan fingerprint density at radius 3 is 2.89 bits per heavy atom. The van der Waals surface area contributed by atoms with Crippen LogP contribution in [0.3, 0.4) is 0 Å².